The van der Waals surface area contributed by atoms with Crippen LogP contribution in [-0.2, 0) is 9.22 Å². The second kappa shape index (κ2) is 8.68. The molecule has 88 valence electrons. The summed E-state index contributed by atoms with van der Waals surface area (Å²) in [5, 5.41) is 8.68. The first-order chi connectivity index (χ1) is 7.11. The summed E-state index contributed by atoms with van der Waals surface area (Å²) in [4.78, 5) is 10.6. The molecule has 0 saturated heterocycles. The van der Waals surface area contributed by atoms with Gasteiger partial charge in [-0.05, 0) is 18.4 Å². The Morgan fingerprint density at radius 2 is 2.20 bits per heavy atom. The molecule has 1 atom stereocenters. The first kappa shape index (κ1) is 14.4. The van der Waals surface area contributed by atoms with E-state index in [4.69, 9.17) is 9.53 Å². The molecular weight excluding hydrogens is 208 g/mol. The Morgan fingerprint density at radius 3 is 2.67 bits per heavy atom. The fourth-order valence-corrected chi connectivity index (χ4v) is 2.82. The van der Waals surface area contributed by atoms with Crippen molar-refractivity contribution in [2.75, 3.05) is 7.11 Å². The molecule has 0 bridgehead atoms. The summed E-state index contributed by atoms with van der Waals surface area (Å²) in [5.74, 6) is -0.872. The van der Waals surface area contributed by atoms with Crippen molar-refractivity contribution < 1.29 is 14.3 Å². The molecule has 0 saturated carbocycles. The second-order valence-electron chi connectivity index (χ2n) is 3.91. The van der Waals surface area contributed by atoms with Gasteiger partial charge < -0.3 is 9.53 Å². The molecule has 0 aliphatic carbocycles. The minimum absolute atomic E-state index is 0.321. The highest BCUT2D eigenvalue weighted by molar-refractivity contribution is 6.29. The molecule has 0 radical (unpaired) electrons. The Bertz CT molecular complexity index is 204. The number of unbranched alkanes of at least 4 members (excludes halogenated alkanes) is 1. The van der Waals surface area contributed by atoms with Crippen molar-refractivity contribution in [2.45, 2.75) is 44.6 Å². The Labute approximate surface area is 94.5 Å². The van der Waals surface area contributed by atoms with Crippen LogP contribution in [0.25, 0.3) is 0 Å². The maximum atomic E-state index is 10.6. The van der Waals surface area contributed by atoms with Gasteiger partial charge in [0.25, 0.3) is 0 Å². The standard InChI is InChI=1S/C11H22O3Si/c1-4-5-6-10(15-14-3)8-7-9(2)11(12)13/h10H,2,4-8,15H2,1,3H3,(H,12,13). The van der Waals surface area contributed by atoms with Gasteiger partial charge in [-0.25, -0.2) is 4.79 Å². The molecule has 15 heavy (non-hydrogen) atoms. The molecule has 0 amide bonds. The van der Waals surface area contributed by atoms with Crippen LogP contribution in [0.15, 0.2) is 12.2 Å². The lowest BCUT2D eigenvalue weighted by atomic mass is 10.1. The van der Waals surface area contributed by atoms with E-state index in [0.717, 1.165) is 6.42 Å². The first-order valence-electron chi connectivity index (χ1n) is 5.51. The van der Waals surface area contributed by atoms with Gasteiger partial charge in [0.1, 0.15) is 0 Å². The zero-order valence-corrected chi connectivity index (χ0v) is 11.2. The van der Waals surface area contributed by atoms with Crippen LogP contribution in [0.3, 0.4) is 0 Å². The number of rotatable bonds is 9. The highest BCUT2D eigenvalue weighted by Crippen LogP contribution is 2.22. The van der Waals surface area contributed by atoms with E-state index >= 15 is 0 Å². The Kier molecular flexibility index (Phi) is 8.32. The summed E-state index contributed by atoms with van der Waals surface area (Å²) in [7, 11) is 1.26. The van der Waals surface area contributed by atoms with Gasteiger partial charge in [-0.1, -0.05) is 32.8 Å². The normalized spacial score (nSPS) is 13.2. The Hall–Kier alpha value is -0.613. The number of carboxylic acids is 1. The zero-order valence-electron chi connectivity index (χ0n) is 9.79. The third kappa shape index (κ3) is 7.33. The molecule has 0 aromatic heterocycles. The van der Waals surface area contributed by atoms with E-state index in [-0.39, 0.29) is 0 Å². The van der Waals surface area contributed by atoms with Crippen molar-refractivity contribution in [3.63, 3.8) is 0 Å². The van der Waals surface area contributed by atoms with Crippen molar-refractivity contribution in [3.8, 4) is 0 Å². The van der Waals surface area contributed by atoms with Crippen LogP contribution in [0.2, 0.25) is 5.54 Å². The molecule has 0 fully saturated rings. The smallest absolute Gasteiger partial charge is 0.330 e. The van der Waals surface area contributed by atoms with Gasteiger partial charge in [-0.3, -0.25) is 0 Å². The Balaban J connectivity index is 3.83. The van der Waals surface area contributed by atoms with Crippen molar-refractivity contribution >= 4 is 15.7 Å². The van der Waals surface area contributed by atoms with Gasteiger partial charge in [0.05, 0.1) is 0 Å². The third-order valence-electron chi connectivity index (χ3n) is 2.53. The maximum absolute atomic E-state index is 10.6. The third-order valence-corrected chi connectivity index (χ3v) is 4.15. The summed E-state index contributed by atoms with van der Waals surface area (Å²) < 4.78 is 5.26. The quantitative estimate of drug-likeness (QED) is 0.487. The molecule has 1 N–H and O–H groups in total. The van der Waals surface area contributed by atoms with Crippen LogP contribution in [-0.4, -0.2) is 27.9 Å². The maximum Gasteiger partial charge on any atom is 0.330 e. The van der Waals surface area contributed by atoms with Crippen molar-refractivity contribution in [1.82, 2.24) is 0 Å². The monoisotopic (exact) mass is 230 g/mol. The summed E-state index contributed by atoms with van der Waals surface area (Å²) >= 11 is 0. The zero-order chi connectivity index (χ0) is 11.7. The van der Waals surface area contributed by atoms with Crippen LogP contribution in [0, 0.1) is 0 Å². The second-order valence-corrected chi connectivity index (χ2v) is 5.98. The predicted molar refractivity (Wildman–Crippen MR) is 64.8 cm³/mol. The molecule has 4 heteroatoms. The van der Waals surface area contributed by atoms with Gasteiger partial charge in [-0.15, -0.1) is 0 Å². The van der Waals surface area contributed by atoms with E-state index in [0.29, 0.717) is 17.5 Å². The highest BCUT2D eigenvalue weighted by atomic mass is 28.2. The van der Waals surface area contributed by atoms with Gasteiger partial charge in [0, 0.05) is 12.7 Å². The van der Waals surface area contributed by atoms with E-state index in [9.17, 15) is 4.79 Å². The lowest BCUT2D eigenvalue weighted by Gasteiger charge is -2.14. The van der Waals surface area contributed by atoms with E-state index in [1.54, 1.807) is 7.11 Å². The summed E-state index contributed by atoms with van der Waals surface area (Å²) in [5.41, 5.74) is 0.924. The molecule has 0 aliphatic heterocycles. The largest absolute Gasteiger partial charge is 0.478 e. The van der Waals surface area contributed by atoms with Gasteiger partial charge in [-0.2, -0.15) is 0 Å². The average molecular weight is 230 g/mol. The molecular formula is C11H22O3Si. The van der Waals surface area contributed by atoms with Crippen molar-refractivity contribution in [2.24, 2.45) is 0 Å². The lowest BCUT2D eigenvalue weighted by molar-refractivity contribution is -0.132. The lowest BCUT2D eigenvalue weighted by Crippen LogP contribution is -2.08. The van der Waals surface area contributed by atoms with Gasteiger partial charge >= 0.3 is 5.97 Å². The molecule has 0 aliphatic rings. The Morgan fingerprint density at radius 1 is 1.53 bits per heavy atom. The molecule has 3 nitrogen and oxygen atoms in total. The van der Waals surface area contributed by atoms with E-state index in [1.165, 1.54) is 19.3 Å². The van der Waals surface area contributed by atoms with Crippen LogP contribution in [0.5, 0.6) is 0 Å². The first-order valence-corrected chi connectivity index (χ1v) is 6.91. The van der Waals surface area contributed by atoms with Gasteiger partial charge in [0.2, 0.25) is 0 Å². The molecule has 1 unspecified atom stereocenters. The van der Waals surface area contributed by atoms with E-state index in [1.807, 2.05) is 0 Å². The average Bonchev–Trinajstić information content (AvgIpc) is 2.21. The number of carboxylic acid groups (broad SMARTS) is 1. The number of hydrogen-bond donors (Lipinski definition) is 1. The van der Waals surface area contributed by atoms with E-state index < -0.39 is 15.7 Å². The number of hydrogen-bond acceptors (Lipinski definition) is 2. The summed E-state index contributed by atoms with van der Waals surface area (Å²) in [6.07, 6.45) is 5.09. The van der Waals surface area contributed by atoms with Crippen LogP contribution in [0.1, 0.15) is 39.0 Å². The molecule has 0 heterocycles. The molecule has 0 rings (SSSR count). The molecule has 0 spiro atoms. The van der Waals surface area contributed by atoms with Crippen LogP contribution < -0.4 is 0 Å². The highest BCUT2D eigenvalue weighted by Gasteiger charge is 2.11. The summed E-state index contributed by atoms with van der Waals surface area (Å²) in [6, 6.07) is 0. The van der Waals surface area contributed by atoms with Crippen molar-refractivity contribution in [1.29, 1.82) is 0 Å². The fourth-order valence-electron chi connectivity index (χ4n) is 1.52. The number of aliphatic carboxylic acids is 1. The van der Waals surface area contributed by atoms with Crippen LogP contribution >= 0.6 is 0 Å². The van der Waals surface area contributed by atoms with Crippen molar-refractivity contribution in [3.05, 3.63) is 12.2 Å². The molecule has 0 aromatic carbocycles. The minimum atomic E-state index is -0.872. The van der Waals surface area contributed by atoms with Crippen LogP contribution in [0.4, 0.5) is 0 Å². The fraction of sp³-hybridized carbons (Fsp3) is 0.727. The molecule has 0 aromatic rings. The minimum Gasteiger partial charge on any atom is -0.478 e. The summed E-state index contributed by atoms with van der Waals surface area (Å²) in [6.45, 7) is 5.71. The predicted octanol–water partition coefficient (Wildman–Crippen LogP) is 2.12. The van der Waals surface area contributed by atoms with E-state index in [2.05, 4.69) is 13.5 Å². The topological polar surface area (TPSA) is 46.5 Å². The van der Waals surface area contributed by atoms with Gasteiger partial charge in [0.15, 0.2) is 9.76 Å². The SMILES string of the molecule is C=C(CCC(CCCC)[SiH2]OC)C(=O)O. The number of carbonyl (C=O) groups is 1.